The molecule has 3 aliphatic rings. The zero-order valence-electron chi connectivity index (χ0n) is 15.7. The summed E-state index contributed by atoms with van der Waals surface area (Å²) in [4.78, 5) is 30.7. The molecule has 7 nitrogen and oxygen atoms in total. The molecule has 5 rings (SSSR count). The molecule has 1 aliphatic carbocycles. The largest absolute Gasteiger partial charge is 0.438 e. The van der Waals surface area contributed by atoms with Crippen LogP contribution in [-0.4, -0.2) is 60.3 Å². The number of hydrogen-bond acceptors (Lipinski definition) is 6. The molecule has 2 saturated heterocycles. The first-order valence-corrected chi connectivity index (χ1v) is 10.6. The maximum atomic E-state index is 12.4. The highest BCUT2D eigenvalue weighted by molar-refractivity contribution is 7.16. The highest BCUT2D eigenvalue weighted by Gasteiger charge is 2.56. The molecule has 28 heavy (non-hydrogen) atoms. The Hall–Kier alpha value is -2.19. The number of ether oxygens (including phenoxy) is 2. The molecule has 1 unspecified atom stereocenters. The SMILES string of the molecule is CC1(OC(=O)N2C[C@@H]3C(CCNC(=O)c4ccc5ncsc5c4)[C@@H]3C2)COC1. The number of nitrogens with one attached hydrogen (secondary N) is 1. The average Bonchev–Trinajstić information content (AvgIpc) is 3.06. The average molecular weight is 401 g/mol. The van der Waals surface area contributed by atoms with Gasteiger partial charge in [-0.05, 0) is 49.3 Å². The van der Waals surface area contributed by atoms with E-state index in [4.69, 9.17) is 9.47 Å². The van der Waals surface area contributed by atoms with Gasteiger partial charge in [0.15, 0.2) is 5.60 Å². The number of aromatic nitrogens is 1. The van der Waals surface area contributed by atoms with E-state index in [2.05, 4.69) is 10.3 Å². The molecule has 2 amide bonds. The van der Waals surface area contributed by atoms with E-state index in [1.165, 1.54) is 11.3 Å². The number of benzene rings is 1. The standard InChI is InChI=1S/C20H23N3O4S/c1-20(9-26-10-20)27-19(25)23-7-14-13(15(14)8-23)4-5-21-18(24)12-2-3-16-17(6-12)28-11-22-16/h2-3,6,11,13-15H,4-5,7-10H2,1H3,(H,21,24)/t13?,14-,15+. The van der Waals surface area contributed by atoms with Crippen molar-refractivity contribution in [2.45, 2.75) is 18.9 Å². The van der Waals surface area contributed by atoms with E-state index in [0.717, 1.165) is 29.7 Å². The van der Waals surface area contributed by atoms with E-state index >= 15 is 0 Å². The maximum Gasteiger partial charge on any atom is 0.410 e. The zero-order chi connectivity index (χ0) is 19.3. The topological polar surface area (TPSA) is 80.8 Å². The van der Waals surface area contributed by atoms with E-state index in [1.807, 2.05) is 30.0 Å². The predicted octanol–water partition coefficient (Wildman–Crippen LogP) is 2.52. The van der Waals surface area contributed by atoms with Gasteiger partial charge in [-0.3, -0.25) is 4.79 Å². The van der Waals surface area contributed by atoms with Gasteiger partial charge in [0.1, 0.15) is 0 Å². The van der Waals surface area contributed by atoms with Crippen molar-refractivity contribution in [3.63, 3.8) is 0 Å². The lowest BCUT2D eigenvalue weighted by atomic mass is 10.1. The van der Waals surface area contributed by atoms with Gasteiger partial charge in [0.05, 0.1) is 28.9 Å². The van der Waals surface area contributed by atoms with Gasteiger partial charge < -0.3 is 19.7 Å². The third kappa shape index (κ3) is 3.24. The van der Waals surface area contributed by atoms with Crippen LogP contribution in [0.5, 0.6) is 0 Å². The Morgan fingerprint density at radius 2 is 2.14 bits per heavy atom. The van der Waals surface area contributed by atoms with Crippen molar-refractivity contribution in [1.82, 2.24) is 15.2 Å². The summed E-state index contributed by atoms with van der Waals surface area (Å²) in [5.74, 6) is 1.64. The number of amides is 2. The number of carbonyl (C=O) groups excluding carboxylic acids is 2. The minimum absolute atomic E-state index is 0.0396. The fraction of sp³-hybridized carbons (Fsp3) is 0.550. The molecule has 148 valence electrons. The highest BCUT2D eigenvalue weighted by atomic mass is 32.1. The lowest BCUT2D eigenvalue weighted by molar-refractivity contribution is -0.171. The second-order valence-electron chi connectivity index (χ2n) is 8.29. The van der Waals surface area contributed by atoms with Gasteiger partial charge in [-0.25, -0.2) is 9.78 Å². The lowest BCUT2D eigenvalue weighted by Crippen LogP contribution is -2.52. The number of fused-ring (bicyclic) bond motifs is 2. The van der Waals surface area contributed by atoms with Gasteiger partial charge in [-0.1, -0.05) is 0 Å². The van der Waals surface area contributed by atoms with E-state index in [-0.39, 0.29) is 12.0 Å². The molecule has 1 N–H and O–H groups in total. The maximum absolute atomic E-state index is 12.4. The van der Waals surface area contributed by atoms with Crippen LogP contribution >= 0.6 is 11.3 Å². The van der Waals surface area contributed by atoms with Crippen LogP contribution in [0, 0.1) is 17.8 Å². The molecule has 1 saturated carbocycles. The van der Waals surface area contributed by atoms with Crippen molar-refractivity contribution in [2.24, 2.45) is 17.8 Å². The first-order chi connectivity index (χ1) is 13.5. The molecular weight excluding hydrogens is 378 g/mol. The molecule has 3 fully saturated rings. The zero-order valence-corrected chi connectivity index (χ0v) is 16.5. The summed E-state index contributed by atoms with van der Waals surface area (Å²) in [6, 6.07) is 5.60. The summed E-state index contributed by atoms with van der Waals surface area (Å²) in [7, 11) is 0. The van der Waals surface area contributed by atoms with Crippen molar-refractivity contribution >= 4 is 33.6 Å². The number of nitrogens with zero attached hydrogens (tertiary/aromatic N) is 2. The number of thiazole rings is 1. The second-order valence-corrected chi connectivity index (χ2v) is 9.17. The number of piperidine rings is 1. The molecule has 1 aromatic heterocycles. The third-order valence-electron chi connectivity index (χ3n) is 6.13. The van der Waals surface area contributed by atoms with Crippen LogP contribution in [0.1, 0.15) is 23.7 Å². The van der Waals surface area contributed by atoms with Crippen molar-refractivity contribution in [1.29, 1.82) is 0 Å². The Bertz CT molecular complexity index is 913. The Morgan fingerprint density at radius 3 is 2.86 bits per heavy atom. The normalized spacial score (nSPS) is 27.2. The van der Waals surface area contributed by atoms with E-state index in [1.54, 1.807) is 5.51 Å². The minimum Gasteiger partial charge on any atom is -0.438 e. The summed E-state index contributed by atoms with van der Waals surface area (Å²) in [6.45, 7) is 5.07. The van der Waals surface area contributed by atoms with Crippen molar-refractivity contribution < 1.29 is 19.1 Å². The molecule has 1 aromatic carbocycles. The van der Waals surface area contributed by atoms with E-state index in [9.17, 15) is 9.59 Å². The van der Waals surface area contributed by atoms with Gasteiger partial charge in [-0.2, -0.15) is 0 Å². The van der Waals surface area contributed by atoms with Gasteiger partial charge in [-0.15, -0.1) is 11.3 Å². The van der Waals surface area contributed by atoms with E-state index < -0.39 is 5.60 Å². The molecule has 0 radical (unpaired) electrons. The Balaban J connectivity index is 1.05. The minimum atomic E-state index is -0.449. The highest BCUT2D eigenvalue weighted by Crippen LogP contribution is 2.53. The third-order valence-corrected chi connectivity index (χ3v) is 6.93. The molecule has 8 heteroatoms. The predicted molar refractivity (Wildman–Crippen MR) is 104 cm³/mol. The number of rotatable bonds is 5. The fourth-order valence-corrected chi connectivity index (χ4v) is 5.12. The molecule has 0 spiro atoms. The van der Waals surface area contributed by atoms with Crippen LogP contribution < -0.4 is 5.32 Å². The van der Waals surface area contributed by atoms with Gasteiger partial charge in [0, 0.05) is 25.2 Å². The molecule has 3 atom stereocenters. The van der Waals surface area contributed by atoms with Crippen molar-refractivity contribution in [3.8, 4) is 0 Å². The quantitative estimate of drug-likeness (QED) is 0.833. The van der Waals surface area contributed by atoms with Crippen molar-refractivity contribution in [2.75, 3.05) is 32.8 Å². The smallest absolute Gasteiger partial charge is 0.410 e. The summed E-state index contributed by atoms with van der Waals surface area (Å²) < 4.78 is 11.7. The second kappa shape index (κ2) is 6.70. The summed E-state index contributed by atoms with van der Waals surface area (Å²) in [5, 5.41) is 3.02. The van der Waals surface area contributed by atoms with E-state index in [0.29, 0.717) is 43.1 Å². The monoisotopic (exact) mass is 401 g/mol. The molecule has 2 aromatic rings. The first kappa shape index (κ1) is 17.9. The van der Waals surface area contributed by atoms with Gasteiger partial charge in [0.2, 0.25) is 0 Å². The van der Waals surface area contributed by atoms with Gasteiger partial charge >= 0.3 is 6.09 Å². The molecule has 2 aliphatic heterocycles. The van der Waals surface area contributed by atoms with Crippen LogP contribution in [-0.2, 0) is 9.47 Å². The molecule has 3 heterocycles. The van der Waals surface area contributed by atoms with Crippen LogP contribution in [0.15, 0.2) is 23.7 Å². The van der Waals surface area contributed by atoms with Crippen molar-refractivity contribution in [3.05, 3.63) is 29.3 Å². The van der Waals surface area contributed by atoms with Crippen LogP contribution in [0.2, 0.25) is 0 Å². The number of likely N-dealkylation sites (tertiary alicyclic amines) is 1. The van der Waals surface area contributed by atoms with Crippen LogP contribution in [0.4, 0.5) is 4.79 Å². The molecule has 0 bridgehead atoms. The number of hydrogen-bond donors (Lipinski definition) is 1. The Labute approximate surface area is 167 Å². The summed E-state index contributed by atoms with van der Waals surface area (Å²) >= 11 is 1.54. The summed E-state index contributed by atoms with van der Waals surface area (Å²) in [6.07, 6.45) is 0.738. The number of carbonyl (C=O) groups is 2. The molecular formula is C20H23N3O4S. The first-order valence-electron chi connectivity index (χ1n) is 9.69. The Morgan fingerprint density at radius 1 is 1.36 bits per heavy atom. The van der Waals surface area contributed by atoms with Crippen LogP contribution in [0.3, 0.4) is 0 Å². The van der Waals surface area contributed by atoms with Gasteiger partial charge in [0.25, 0.3) is 5.91 Å². The Kier molecular flexibility index (Phi) is 4.28. The fourth-order valence-electron chi connectivity index (χ4n) is 4.40. The summed E-state index contributed by atoms with van der Waals surface area (Å²) in [5.41, 5.74) is 2.94. The lowest BCUT2D eigenvalue weighted by Gasteiger charge is -2.38. The van der Waals surface area contributed by atoms with Crippen LogP contribution in [0.25, 0.3) is 10.2 Å².